The van der Waals surface area contributed by atoms with E-state index in [-0.39, 0.29) is 5.69 Å². The molecule has 3 aromatic rings. The van der Waals surface area contributed by atoms with Crippen LogP contribution in [0.1, 0.15) is 0 Å². The van der Waals surface area contributed by atoms with Crippen LogP contribution in [-0.4, -0.2) is 52.9 Å². The molecule has 0 N–H and O–H groups in total. The third kappa shape index (κ3) is 3.43. The molecule has 0 atom stereocenters. The fourth-order valence-electron chi connectivity index (χ4n) is 3.59. The third-order valence-electron chi connectivity index (χ3n) is 5.16. The van der Waals surface area contributed by atoms with Gasteiger partial charge in [0.15, 0.2) is 0 Å². The van der Waals surface area contributed by atoms with Crippen LogP contribution in [0.3, 0.4) is 0 Å². The lowest BCUT2D eigenvalue weighted by Crippen LogP contribution is -2.49. The van der Waals surface area contributed by atoms with Crippen LogP contribution in [0.4, 0.5) is 0 Å². The first-order valence-electron chi connectivity index (χ1n) is 9.00. The van der Waals surface area contributed by atoms with Crippen LogP contribution >= 0.6 is 15.9 Å². The van der Waals surface area contributed by atoms with Gasteiger partial charge in [-0.05, 0) is 30.3 Å². The van der Waals surface area contributed by atoms with Gasteiger partial charge < -0.3 is 0 Å². The Morgan fingerprint density at radius 3 is 2.32 bits per heavy atom. The monoisotopic (exact) mass is 464 g/mol. The molecule has 0 aliphatic carbocycles. The highest BCUT2D eigenvalue weighted by atomic mass is 79.9. The Morgan fingerprint density at radius 1 is 0.964 bits per heavy atom. The van der Waals surface area contributed by atoms with Crippen molar-refractivity contribution in [2.24, 2.45) is 7.05 Å². The van der Waals surface area contributed by atoms with Crippen molar-refractivity contribution in [3.8, 4) is 0 Å². The molecule has 4 rings (SSSR count). The van der Waals surface area contributed by atoms with Gasteiger partial charge in [0.25, 0.3) is 0 Å². The summed E-state index contributed by atoms with van der Waals surface area (Å²) in [5.74, 6) is 0. The quantitative estimate of drug-likeness (QED) is 0.592. The average Bonchev–Trinajstić information content (AvgIpc) is 2.94. The van der Waals surface area contributed by atoms with Gasteiger partial charge in [0, 0.05) is 37.7 Å². The second kappa shape index (κ2) is 7.47. The number of fused-ring (bicyclic) bond motifs is 1. The maximum atomic E-state index is 12.9. The minimum absolute atomic E-state index is 0.0645. The molecule has 1 aliphatic rings. The molecule has 0 saturated carbocycles. The minimum Gasteiger partial charge on any atom is -0.295 e. The first-order valence-corrected chi connectivity index (χ1v) is 11.2. The lowest BCUT2D eigenvalue weighted by molar-refractivity contribution is 0.152. The number of hydrogen-bond donors (Lipinski definition) is 0. The Morgan fingerprint density at radius 2 is 1.64 bits per heavy atom. The van der Waals surface area contributed by atoms with Gasteiger partial charge in [-0.1, -0.05) is 34.1 Å². The number of hydrogen-bond acceptors (Lipinski definition) is 4. The summed E-state index contributed by atoms with van der Waals surface area (Å²) in [6.45, 7) is 2.39. The summed E-state index contributed by atoms with van der Waals surface area (Å²) < 4.78 is 31.4. The molecule has 0 spiro atoms. The van der Waals surface area contributed by atoms with E-state index < -0.39 is 10.0 Å². The number of piperazine rings is 1. The second-order valence-electron chi connectivity index (χ2n) is 6.88. The number of aromatic nitrogens is 2. The highest BCUT2D eigenvalue weighted by Gasteiger charge is 2.29. The van der Waals surface area contributed by atoms with E-state index in [4.69, 9.17) is 0 Å². The van der Waals surface area contributed by atoms with E-state index in [0.717, 1.165) is 15.5 Å². The van der Waals surface area contributed by atoms with Crippen LogP contribution in [0, 0.1) is 0 Å². The maximum Gasteiger partial charge on any atom is 0.329 e. The van der Waals surface area contributed by atoms with Gasteiger partial charge in [-0.3, -0.25) is 14.0 Å². The van der Waals surface area contributed by atoms with Gasteiger partial charge in [0.05, 0.1) is 22.6 Å². The molecule has 1 aromatic heterocycles. The van der Waals surface area contributed by atoms with Crippen molar-refractivity contribution in [3.63, 3.8) is 0 Å². The predicted molar refractivity (Wildman–Crippen MR) is 112 cm³/mol. The fraction of sp³-hybridized carbons (Fsp3) is 0.316. The zero-order chi connectivity index (χ0) is 19.9. The Balaban J connectivity index is 1.50. The van der Waals surface area contributed by atoms with E-state index in [0.29, 0.717) is 37.7 Å². The average molecular weight is 465 g/mol. The summed E-state index contributed by atoms with van der Waals surface area (Å²) >= 11 is 3.33. The van der Waals surface area contributed by atoms with Crippen LogP contribution in [-0.2, 0) is 23.7 Å². The van der Waals surface area contributed by atoms with Crippen LogP contribution in [0.25, 0.3) is 11.0 Å². The minimum atomic E-state index is -3.52. The van der Waals surface area contributed by atoms with Gasteiger partial charge in [0.1, 0.15) is 0 Å². The van der Waals surface area contributed by atoms with Crippen LogP contribution in [0.5, 0.6) is 0 Å². The summed E-state index contributed by atoms with van der Waals surface area (Å²) in [4.78, 5) is 15.0. The molecule has 0 unspecified atom stereocenters. The van der Waals surface area contributed by atoms with Crippen molar-refractivity contribution in [2.75, 3.05) is 26.2 Å². The number of halogens is 1. The molecular formula is C19H21BrN4O3S. The molecule has 1 saturated heterocycles. The van der Waals surface area contributed by atoms with Crippen LogP contribution in [0.15, 0.2) is 62.7 Å². The van der Waals surface area contributed by atoms with Crippen molar-refractivity contribution in [3.05, 3.63) is 63.5 Å². The van der Waals surface area contributed by atoms with Gasteiger partial charge in [0.2, 0.25) is 10.0 Å². The number of imidazole rings is 1. The Kier molecular flexibility index (Phi) is 5.17. The maximum absolute atomic E-state index is 12.9. The van der Waals surface area contributed by atoms with Crippen molar-refractivity contribution in [1.29, 1.82) is 0 Å². The molecule has 0 bridgehead atoms. The number of benzene rings is 2. The first kappa shape index (κ1) is 19.4. The summed E-state index contributed by atoms with van der Waals surface area (Å²) in [5, 5.41) is 0. The molecule has 2 heterocycles. The van der Waals surface area contributed by atoms with Gasteiger partial charge >= 0.3 is 5.69 Å². The second-order valence-corrected chi connectivity index (χ2v) is 9.73. The number of nitrogens with zero attached hydrogens (tertiary/aromatic N) is 4. The highest BCUT2D eigenvalue weighted by molar-refractivity contribution is 9.10. The zero-order valence-electron chi connectivity index (χ0n) is 15.5. The molecule has 2 aromatic carbocycles. The summed E-state index contributed by atoms with van der Waals surface area (Å²) in [6.07, 6.45) is 0. The number of aryl methyl sites for hydroxylation is 1. The molecule has 1 aliphatic heterocycles. The molecule has 0 radical (unpaired) electrons. The molecule has 9 heteroatoms. The van der Waals surface area contributed by atoms with E-state index in [9.17, 15) is 13.2 Å². The van der Waals surface area contributed by atoms with E-state index in [1.165, 1.54) is 4.31 Å². The molecular weight excluding hydrogens is 444 g/mol. The van der Waals surface area contributed by atoms with E-state index >= 15 is 0 Å². The Bertz CT molecular complexity index is 1180. The molecule has 148 valence electrons. The molecule has 7 nitrogen and oxygen atoms in total. The summed E-state index contributed by atoms with van der Waals surface area (Å²) in [7, 11) is -1.75. The lowest BCUT2D eigenvalue weighted by atomic mass is 10.3. The highest BCUT2D eigenvalue weighted by Crippen LogP contribution is 2.21. The topological polar surface area (TPSA) is 67.6 Å². The number of rotatable bonds is 4. The van der Waals surface area contributed by atoms with Gasteiger partial charge in [-0.2, -0.15) is 4.31 Å². The van der Waals surface area contributed by atoms with Crippen molar-refractivity contribution < 1.29 is 8.42 Å². The number of sulfonamides is 1. The molecule has 1 fully saturated rings. The van der Waals surface area contributed by atoms with Crippen molar-refractivity contribution >= 4 is 37.0 Å². The Hall–Kier alpha value is -1.94. The number of para-hydroxylation sites is 2. The normalized spacial score (nSPS) is 16.6. The van der Waals surface area contributed by atoms with Gasteiger partial charge in [-0.25, -0.2) is 13.2 Å². The SMILES string of the molecule is Cn1c(=O)n(CN2CCN(S(=O)(=O)c3cccc(Br)c3)CC2)c2ccccc21. The molecule has 0 amide bonds. The van der Waals surface area contributed by atoms with Crippen molar-refractivity contribution in [1.82, 2.24) is 18.3 Å². The molecule has 28 heavy (non-hydrogen) atoms. The van der Waals surface area contributed by atoms with Crippen LogP contribution < -0.4 is 5.69 Å². The van der Waals surface area contributed by atoms with E-state index in [1.807, 2.05) is 24.3 Å². The van der Waals surface area contributed by atoms with E-state index in [2.05, 4.69) is 20.8 Å². The van der Waals surface area contributed by atoms with Gasteiger partial charge in [-0.15, -0.1) is 0 Å². The fourth-order valence-corrected chi connectivity index (χ4v) is 5.61. The largest absolute Gasteiger partial charge is 0.329 e. The third-order valence-corrected chi connectivity index (χ3v) is 7.55. The van der Waals surface area contributed by atoms with E-state index in [1.54, 1.807) is 40.4 Å². The smallest absolute Gasteiger partial charge is 0.295 e. The summed E-state index contributed by atoms with van der Waals surface area (Å²) in [5.41, 5.74) is 1.72. The first-order chi connectivity index (χ1) is 13.4. The summed E-state index contributed by atoms with van der Waals surface area (Å²) in [6, 6.07) is 14.5. The standard InChI is InChI=1S/C19H21BrN4O3S/c1-21-17-7-2-3-8-18(17)24(19(21)25)14-22-9-11-23(12-10-22)28(26,27)16-6-4-5-15(20)13-16/h2-8,13H,9-12,14H2,1H3. The zero-order valence-corrected chi connectivity index (χ0v) is 17.9. The lowest BCUT2D eigenvalue weighted by Gasteiger charge is -2.34. The van der Waals surface area contributed by atoms with Crippen molar-refractivity contribution in [2.45, 2.75) is 11.6 Å². The predicted octanol–water partition coefficient (Wildman–Crippen LogP) is 2.07. The Labute approximate surface area is 172 Å². The van der Waals surface area contributed by atoms with Crippen LogP contribution in [0.2, 0.25) is 0 Å².